The van der Waals surface area contributed by atoms with Crippen LogP contribution in [0.4, 0.5) is 8.78 Å². The molecule has 0 unspecified atom stereocenters. The molecule has 1 aromatic carbocycles. The first kappa shape index (κ1) is 13.5. The fraction of sp³-hybridized carbons (Fsp3) is 0.357. The first-order valence-corrected chi connectivity index (χ1v) is 6.17. The van der Waals surface area contributed by atoms with E-state index in [2.05, 4.69) is 5.32 Å². The molecular formula is C14H15F2NO2. The summed E-state index contributed by atoms with van der Waals surface area (Å²) in [6.45, 7) is 2.38. The zero-order valence-electron chi connectivity index (χ0n) is 10.6. The normalized spacial score (nSPS) is 14.9. The van der Waals surface area contributed by atoms with Crippen molar-refractivity contribution in [2.75, 3.05) is 13.2 Å². The van der Waals surface area contributed by atoms with Gasteiger partial charge in [-0.1, -0.05) is 6.92 Å². The maximum Gasteiger partial charge on any atom is 0.254 e. The van der Waals surface area contributed by atoms with Crippen molar-refractivity contribution in [3.05, 3.63) is 41.0 Å². The van der Waals surface area contributed by atoms with E-state index in [0.29, 0.717) is 42.6 Å². The predicted molar refractivity (Wildman–Crippen MR) is 67.4 cm³/mol. The van der Waals surface area contributed by atoms with Gasteiger partial charge in [-0.25, -0.2) is 8.78 Å². The van der Waals surface area contributed by atoms with Crippen LogP contribution in [0.3, 0.4) is 0 Å². The molecule has 1 N–H and O–H groups in total. The summed E-state index contributed by atoms with van der Waals surface area (Å²) in [6.07, 6.45) is 1.60. The highest BCUT2D eigenvalue weighted by molar-refractivity contribution is 5.97. The molecule has 3 nitrogen and oxygen atoms in total. The number of fused-ring (bicyclic) bond motifs is 1. The lowest BCUT2D eigenvalue weighted by Gasteiger charge is -2.18. The Labute approximate surface area is 110 Å². The minimum atomic E-state index is -0.605. The van der Waals surface area contributed by atoms with Crippen molar-refractivity contribution in [1.82, 2.24) is 5.32 Å². The van der Waals surface area contributed by atoms with Gasteiger partial charge in [0.05, 0.1) is 11.9 Å². The molecule has 19 heavy (non-hydrogen) atoms. The van der Waals surface area contributed by atoms with Gasteiger partial charge in [-0.3, -0.25) is 4.79 Å². The SMILES string of the molecule is CC/C(=C/F)COc1cc(F)c2c(c1)CCNC2=O. The molecule has 0 bridgehead atoms. The Bertz CT molecular complexity index is 526. The smallest absolute Gasteiger partial charge is 0.254 e. The number of nitrogens with one attached hydrogen (secondary N) is 1. The highest BCUT2D eigenvalue weighted by Gasteiger charge is 2.22. The van der Waals surface area contributed by atoms with Gasteiger partial charge in [0.2, 0.25) is 0 Å². The van der Waals surface area contributed by atoms with Crippen molar-refractivity contribution in [3.8, 4) is 5.75 Å². The van der Waals surface area contributed by atoms with Gasteiger partial charge in [-0.05, 0) is 30.0 Å². The van der Waals surface area contributed by atoms with Gasteiger partial charge < -0.3 is 10.1 Å². The number of carbonyl (C=O) groups is 1. The number of hydrogen-bond donors (Lipinski definition) is 1. The predicted octanol–water partition coefficient (Wildman–Crippen LogP) is 2.75. The number of rotatable bonds is 4. The molecule has 1 amide bonds. The Hall–Kier alpha value is -1.91. The van der Waals surface area contributed by atoms with Crippen LogP contribution in [0.1, 0.15) is 29.3 Å². The Morgan fingerprint density at radius 2 is 2.32 bits per heavy atom. The third-order valence-electron chi connectivity index (χ3n) is 3.09. The first-order valence-electron chi connectivity index (χ1n) is 6.17. The van der Waals surface area contributed by atoms with E-state index in [1.807, 2.05) is 6.92 Å². The van der Waals surface area contributed by atoms with E-state index in [4.69, 9.17) is 4.74 Å². The average Bonchev–Trinajstić information content (AvgIpc) is 2.39. The van der Waals surface area contributed by atoms with Gasteiger partial charge in [-0.2, -0.15) is 0 Å². The Balaban J connectivity index is 2.20. The first-order chi connectivity index (χ1) is 9.15. The van der Waals surface area contributed by atoms with Crippen LogP contribution in [-0.4, -0.2) is 19.1 Å². The second-order valence-electron chi connectivity index (χ2n) is 4.35. The van der Waals surface area contributed by atoms with Crippen LogP contribution in [0.25, 0.3) is 0 Å². The van der Waals surface area contributed by atoms with Crippen molar-refractivity contribution >= 4 is 5.91 Å². The van der Waals surface area contributed by atoms with Crippen LogP contribution >= 0.6 is 0 Å². The third kappa shape index (κ3) is 2.92. The number of benzene rings is 1. The molecule has 0 saturated heterocycles. The minimum Gasteiger partial charge on any atom is -0.489 e. The van der Waals surface area contributed by atoms with Crippen LogP contribution in [0, 0.1) is 5.82 Å². The fourth-order valence-corrected chi connectivity index (χ4v) is 1.96. The molecule has 2 rings (SSSR count). The van der Waals surface area contributed by atoms with E-state index in [1.165, 1.54) is 0 Å². The van der Waals surface area contributed by atoms with E-state index in [-0.39, 0.29) is 12.2 Å². The maximum atomic E-state index is 13.8. The number of ether oxygens (including phenoxy) is 1. The van der Waals surface area contributed by atoms with Crippen LogP contribution in [0.5, 0.6) is 5.75 Å². The molecule has 0 aliphatic carbocycles. The summed E-state index contributed by atoms with van der Waals surface area (Å²) in [5.41, 5.74) is 1.20. The summed E-state index contributed by atoms with van der Waals surface area (Å²) >= 11 is 0. The van der Waals surface area contributed by atoms with Gasteiger partial charge >= 0.3 is 0 Å². The topological polar surface area (TPSA) is 38.3 Å². The number of halogens is 2. The monoisotopic (exact) mass is 267 g/mol. The van der Waals surface area contributed by atoms with Crippen molar-refractivity contribution in [2.24, 2.45) is 0 Å². The van der Waals surface area contributed by atoms with E-state index < -0.39 is 11.7 Å². The van der Waals surface area contributed by atoms with Crippen molar-refractivity contribution in [2.45, 2.75) is 19.8 Å². The number of amides is 1. The summed E-state index contributed by atoms with van der Waals surface area (Å²) in [5, 5.41) is 2.59. The second kappa shape index (κ2) is 5.82. The van der Waals surface area contributed by atoms with E-state index in [9.17, 15) is 13.6 Å². The molecule has 0 saturated carbocycles. The molecule has 102 valence electrons. The van der Waals surface area contributed by atoms with Crippen LogP contribution in [0.2, 0.25) is 0 Å². The standard InChI is InChI=1S/C14H15F2NO2/c1-2-9(7-15)8-19-11-5-10-3-4-17-14(18)13(10)12(16)6-11/h5-7H,2-4,8H2,1H3,(H,17,18)/b9-7-. The maximum absolute atomic E-state index is 13.8. The van der Waals surface area contributed by atoms with Crippen LogP contribution in [-0.2, 0) is 6.42 Å². The Morgan fingerprint density at radius 1 is 1.53 bits per heavy atom. The summed E-state index contributed by atoms with van der Waals surface area (Å²) < 4.78 is 31.6. The Morgan fingerprint density at radius 3 is 3.00 bits per heavy atom. The lowest BCUT2D eigenvalue weighted by molar-refractivity contribution is 0.0941. The highest BCUT2D eigenvalue weighted by atomic mass is 19.1. The molecule has 5 heteroatoms. The van der Waals surface area contributed by atoms with Gasteiger partial charge in [0, 0.05) is 12.6 Å². The number of carbonyl (C=O) groups excluding carboxylic acids is 1. The molecule has 1 heterocycles. The summed E-state index contributed by atoms with van der Waals surface area (Å²) in [7, 11) is 0. The molecule has 0 spiro atoms. The quantitative estimate of drug-likeness (QED) is 0.911. The molecule has 0 radical (unpaired) electrons. The van der Waals surface area contributed by atoms with Crippen molar-refractivity contribution in [3.63, 3.8) is 0 Å². The van der Waals surface area contributed by atoms with E-state index >= 15 is 0 Å². The van der Waals surface area contributed by atoms with Gasteiger partial charge in [0.15, 0.2) is 0 Å². The van der Waals surface area contributed by atoms with Crippen molar-refractivity contribution in [1.29, 1.82) is 0 Å². The molecule has 0 fully saturated rings. The summed E-state index contributed by atoms with van der Waals surface area (Å²) in [6, 6.07) is 2.80. The summed E-state index contributed by atoms with van der Waals surface area (Å²) in [5.74, 6) is -0.686. The lowest BCUT2D eigenvalue weighted by atomic mass is 9.99. The molecule has 0 atom stereocenters. The van der Waals surface area contributed by atoms with Gasteiger partial charge in [0.1, 0.15) is 18.2 Å². The zero-order chi connectivity index (χ0) is 13.8. The average molecular weight is 267 g/mol. The molecule has 1 aliphatic heterocycles. The minimum absolute atomic E-state index is 0.0790. The third-order valence-corrected chi connectivity index (χ3v) is 3.09. The van der Waals surface area contributed by atoms with Crippen LogP contribution < -0.4 is 10.1 Å². The summed E-state index contributed by atoms with van der Waals surface area (Å²) in [4.78, 5) is 11.5. The fourth-order valence-electron chi connectivity index (χ4n) is 1.96. The van der Waals surface area contributed by atoms with E-state index in [0.717, 1.165) is 6.07 Å². The van der Waals surface area contributed by atoms with Gasteiger partial charge in [0.25, 0.3) is 5.91 Å². The van der Waals surface area contributed by atoms with E-state index in [1.54, 1.807) is 6.07 Å². The molecule has 1 aliphatic rings. The lowest BCUT2D eigenvalue weighted by Crippen LogP contribution is -2.32. The zero-order valence-corrected chi connectivity index (χ0v) is 10.6. The molecular weight excluding hydrogens is 252 g/mol. The van der Waals surface area contributed by atoms with Gasteiger partial charge in [-0.15, -0.1) is 0 Å². The second-order valence-corrected chi connectivity index (χ2v) is 4.35. The Kier molecular flexibility index (Phi) is 4.14. The highest BCUT2D eigenvalue weighted by Crippen LogP contribution is 2.24. The van der Waals surface area contributed by atoms with Crippen molar-refractivity contribution < 1.29 is 18.3 Å². The van der Waals surface area contributed by atoms with Crippen LogP contribution in [0.15, 0.2) is 24.0 Å². The largest absolute Gasteiger partial charge is 0.489 e. The molecule has 1 aromatic rings. The molecule has 0 aromatic heterocycles. The number of hydrogen-bond acceptors (Lipinski definition) is 2.